The zero-order chi connectivity index (χ0) is 12.0. The van der Waals surface area contributed by atoms with E-state index in [1.165, 1.54) is 12.8 Å². The number of likely N-dealkylation sites (tertiary alicyclic amines) is 1. The Labute approximate surface area is 99.4 Å². The van der Waals surface area contributed by atoms with Crippen LogP contribution < -0.4 is 5.73 Å². The lowest BCUT2D eigenvalue weighted by Gasteiger charge is -2.19. The van der Waals surface area contributed by atoms with Crippen molar-refractivity contribution in [3.63, 3.8) is 0 Å². The third-order valence-corrected chi connectivity index (χ3v) is 3.60. The molecule has 1 saturated heterocycles. The van der Waals surface area contributed by atoms with Crippen LogP contribution in [-0.2, 0) is 4.79 Å². The number of carboxylic acid groups (broad SMARTS) is 1. The fourth-order valence-corrected chi connectivity index (χ4v) is 2.41. The van der Waals surface area contributed by atoms with Gasteiger partial charge in [-0.25, -0.2) is 0 Å². The molecule has 1 aliphatic rings. The summed E-state index contributed by atoms with van der Waals surface area (Å²) in [4.78, 5) is 24.0. The van der Waals surface area contributed by atoms with Gasteiger partial charge in [-0.1, -0.05) is 24.6 Å². The Balaban J connectivity index is 2.30. The van der Waals surface area contributed by atoms with Crippen molar-refractivity contribution in [1.82, 2.24) is 4.90 Å². The van der Waals surface area contributed by atoms with E-state index in [9.17, 15) is 9.59 Å². The molecule has 92 valence electrons. The molecule has 0 aromatic heterocycles. The maximum atomic E-state index is 11.7. The van der Waals surface area contributed by atoms with Crippen molar-refractivity contribution in [2.45, 2.75) is 31.7 Å². The van der Waals surface area contributed by atoms with Crippen molar-refractivity contribution >= 4 is 23.0 Å². The molecule has 1 amide bonds. The van der Waals surface area contributed by atoms with Gasteiger partial charge in [-0.2, -0.15) is 0 Å². The lowest BCUT2D eigenvalue weighted by atomic mass is 10.2. The molecule has 0 unspecified atom stereocenters. The summed E-state index contributed by atoms with van der Waals surface area (Å²) in [6.45, 7) is 1.57. The van der Waals surface area contributed by atoms with Crippen LogP contribution in [0.3, 0.4) is 0 Å². The maximum Gasteiger partial charge on any atom is 0.321 e. The summed E-state index contributed by atoms with van der Waals surface area (Å²) in [5, 5.41) is 8.54. The molecule has 1 fully saturated rings. The highest BCUT2D eigenvalue weighted by Crippen LogP contribution is 2.16. The fraction of sp³-hybridized carbons (Fsp3) is 0.800. The minimum atomic E-state index is -1.06. The quantitative estimate of drug-likeness (QED) is 0.780. The first-order valence-electron chi connectivity index (χ1n) is 5.51. The van der Waals surface area contributed by atoms with Crippen LogP contribution in [0.25, 0.3) is 0 Å². The van der Waals surface area contributed by atoms with E-state index >= 15 is 0 Å². The molecule has 1 rings (SSSR count). The van der Waals surface area contributed by atoms with Gasteiger partial charge in [0, 0.05) is 18.8 Å². The number of rotatable bonds is 3. The van der Waals surface area contributed by atoms with Crippen LogP contribution >= 0.6 is 11.8 Å². The summed E-state index contributed by atoms with van der Waals surface area (Å²) < 4.78 is 0. The second-order valence-corrected chi connectivity index (χ2v) is 4.89. The van der Waals surface area contributed by atoms with Gasteiger partial charge in [-0.3, -0.25) is 9.59 Å². The van der Waals surface area contributed by atoms with Crippen LogP contribution in [0.5, 0.6) is 0 Å². The van der Waals surface area contributed by atoms with E-state index in [1.54, 1.807) is 4.90 Å². The predicted octanol–water partition coefficient (Wildman–Crippen LogP) is 1.13. The number of amides is 1. The molecular weight excluding hydrogens is 228 g/mol. The molecule has 0 saturated carbocycles. The zero-order valence-electron chi connectivity index (χ0n) is 9.22. The molecule has 3 N–H and O–H groups in total. The molecule has 1 atom stereocenters. The SMILES string of the molecule is N[C@@H](CSC(=O)N1CCCCCC1)C(=O)O. The summed E-state index contributed by atoms with van der Waals surface area (Å²) >= 11 is 1.01. The summed E-state index contributed by atoms with van der Waals surface area (Å²) in [5.74, 6) is -0.916. The second-order valence-electron chi connectivity index (χ2n) is 3.92. The van der Waals surface area contributed by atoms with Gasteiger partial charge in [-0.05, 0) is 12.8 Å². The van der Waals surface area contributed by atoms with E-state index in [0.29, 0.717) is 0 Å². The van der Waals surface area contributed by atoms with Gasteiger partial charge in [-0.15, -0.1) is 0 Å². The first kappa shape index (κ1) is 13.3. The second kappa shape index (κ2) is 6.75. The standard InChI is InChI=1S/C10H18N2O3S/c11-8(9(13)14)7-16-10(15)12-5-3-1-2-4-6-12/h8H,1-7,11H2,(H,13,14)/t8-/m0/s1. The molecule has 0 aromatic carbocycles. The van der Waals surface area contributed by atoms with Crippen LogP contribution in [0.15, 0.2) is 0 Å². The number of hydrogen-bond acceptors (Lipinski definition) is 4. The van der Waals surface area contributed by atoms with E-state index in [2.05, 4.69) is 0 Å². The van der Waals surface area contributed by atoms with Crippen molar-refractivity contribution in [3.05, 3.63) is 0 Å². The van der Waals surface area contributed by atoms with E-state index in [4.69, 9.17) is 10.8 Å². The molecule has 0 radical (unpaired) electrons. The number of carbonyl (C=O) groups excluding carboxylic acids is 1. The van der Waals surface area contributed by atoms with Gasteiger partial charge >= 0.3 is 5.97 Å². The number of nitrogens with two attached hydrogens (primary N) is 1. The molecule has 5 nitrogen and oxygen atoms in total. The topological polar surface area (TPSA) is 83.6 Å². The summed E-state index contributed by atoms with van der Waals surface area (Å²) in [6, 6.07) is -0.957. The summed E-state index contributed by atoms with van der Waals surface area (Å²) in [7, 11) is 0. The lowest BCUT2D eigenvalue weighted by Crippen LogP contribution is -2.35. The minimum absolute atomic E-state index is 0.0430. The smallest absolute Gasteiger partial charge is 0.321 e. The average molecular weight is 246 g/mol. The highest BCUT2D eigenvalue weighted by Gasteiger charge is 2.19. The van der Waals surface area contributed by atoms with Gasteiger partial charge in [0.2, 0.25) is 0 Å². The van der Waals surface area contributed by atoms with Crippen LogP contribution in [0.2, 0.25) is 0 Å². The van der Waals surface area contributed by atoms with Gasteiger partial charge in [0.15, 0.2) is 0 Å². The molecule has 0 spiro atoms. The van der Waals surface area contributed by atoms with E-state index in [-0.39, 0.29) is 11.0 Å². The number of thioether (sulfide) groups is 1. The van der Waals surface area contributed by atoms with Crippen LogP contribution in [0, 0.1) is 0 Å². The molecule has 0 bridgehead atoms. The van der Waals surface area contributed by atoms with Crippen LogP contribution in [0.4, 0.5) is 4.79 Å². The average Bonchev–Trinajstić information content (AvgIpc) is 2.53. The minimum Gasteiger partial charge on any atom is -0.480 e. The Kier molecular flexibility index (Phi) is 5.62. The fourth-order valence-electron chi connectivity index (χ4n) is 1.58. The van der Waals surface area contributed by atoms with Crippen molar-refractivity contribution < 1.29 is 14.7 Å². The Morgan fingerprint density at radius 3 is 2.31 bits per heavy atom. The van der Waals surface area contributed by atoms with Crippen molar-refractivity contribution in [2.24, 2.45) is 5.73 Å². The number of hydrogen-bond donors (Lipinski definition) is 2. The van der Waals surface area contributed by atoms with Gasteiger partial charge < -0.3 is 15.7 Å². The molecular formula is C10H18N2O3S. The number of carbonyl (C=O) groups is 2. The zero-order valence-corrected chi connectivity index (χ0v) is 10.0. The van der Waals surface area contributed by atoms with E-state index < -0.39 is 12.0 Å². The largest absolute Gasteiger partial charge is 0.480 e. The van der Waals surface area contributed by atoms with Gasteiger partial charge in [0.1, 0.15) is 6.04 Å². The lowest BCUT2D eigenvalue weighted by molar-refractivity contribution is -0.137. The summed E-state index contributed by atoms with van der Waals surface area (Å²) in [5.41, 5.74) is 5.33. The molecule has 0 aromatic rings. The third-order valence-electron chi connectivity index (χ3n) is 2.57. The van der Waals surface area contributed by atoms with E-state index in [0.717, 1.165) is 37.7 Å². The van der Waals surface area contributed by atoms with Gasteiger partial charge in [0.25, 0.3) is 5.24 Å². The first-order valence-corrected chi connectivity index (χ1v) is 6.50. The number of aliphatic carboxylic acids is 1. The van der Waals surface area contributed by atoms with Crippen molar-refractivity contribution in [2.75, 3.05) is 18.8 Å². The van der Waals surface area contributed by atoms with Crippen LogP contribution in [-0.4, -0.2) is 46.1 Å². The van der Waals surface area contributed by atoms with Crippen molar-refractivity contribution in [3.8, 4) is 0 Å². The maximum absolute atomic E-state index is 11.7. The third kappa shape index (κ3) is 4.40. The highest BCUT2D eigenvalue weighted by molar-refractivity contribution is 8.13. The van der Waals surface area contributed by atoms with Crippen LogP contribution in [0.1, 0.15) is 25.7 Å². The molecule has 6 heteroatoms. The predicted molar refractivity (Wildman–Crippen MR) is 63.5 cm³/mol. The number of nitrogens with zero attached hydrogens (tertiary/aromatic N) is 1. The number of carboxylic acids is 1. The molecule has 16 heavy (non-hydrogen) atoms. The Morgan fingerprint density at radius 1 is 1.25 bits per heavy atom. The monoisotopic (exact) mass is 246 g/mol. The molecule has 1 heterocycles. The molecule has 0 aliphatic carbocycles. The Morgan fingerprint density at radius 2 is 1.81 bits per heavy atom. The van der Waals surface area contributed by atoms with E-state index in [1.807, 2.05) is 0 Å². The van der Waals surface area contributed by atoms with Crippen molar-refractivity contribution in [1.29, 1.82) is 0 Å². The molecule has 1 aliphatic heterocycles. The first-order chi connectivity index (χ1) is 7.61. The normalized spacial score (nSPS) is 18.9. The van der Waals surface area contributed by atoms with Gasteiger partial charge in [0.05, 0.1) is 0 Å². The Hall–Kier alpha value is -0.750. The highest BCUT2D eigenvalue weighted by atomic mass is 32.2. The summed E-state index contributed by atoms with van der Waals surface area (Å²) in [6.07, 6.45) is 4.42. The Bertz CT molecular complexity index is 252.